The normalized spacial score (nSPS) is 21.9. The van der Waals surface area contributed by atoms with Crippen LogP contribution in [0.25, 0.3) is 0 Å². The number of hydrogen-bond donors (Lipinski definition) is 1. The Kier molecular flexibility index (Phi) is 8.82. The molecule has 1 saturated carbocycles. The Labute approximate surface area is 213 Å². The van der Waals surface area contributed by atoms with Gasteiger partial charge in [-0.25, -0.2) is 4.98 Å². The van der Waals surface area contributed by atoms with E-state index in [1.54, 1.807) is 6.07 Å². The van der Waals surface area contributed by atoms with E-state index in [1.165, 1.54) is 11.3 Å². The van der Waals surface area contributed by atoms with Crippen LogP contribution in [0, 0.1) is 12.8 Å². The summed E-state index contributed by atoms with van der Waals surface area (Å²) in [6.07, 6.45) is 0.887. The van der Waals surface area contributed by atoms with Crippen LogP contribution in [0.1, 0.15) is 60.3 Å². The molecule has 11 heteroatoms. The Hall–Kier alpha value is -2.27. The number of alkyl halides is 3. The van der Waals surface area contributed by atoms with Crippen LogP contribution in [0.2, 0.25) is 0 Å². The molecule has 2 aromatic rings. The molecule has 1 aliphatic heterocycles. The van der Waals surface area contributed by atoms with Gasteiger partial charge in [0, 0.05) is 37.3 Å². The predicted octanol–water partition coefficient (Wildman–Crippen LogP) is 4.28. The number of halogens is 3. The average molecular weight is 526 g/mol. The first-order valence-corrected chi connectivity index (χ1v) is 13.5. The Bertz CT molecular complexity index is 1020. The standard InChI is InChI=1S/C25H34F3N5O2S/c1-16(25(26,27)28)35-23-8-5-19-10-13-33(14-11-21(19)30-23)12-9-18-3-6-20(7-4-18)29-22(34)15-24-32-31-17(2)36-24/h5,8,16,18,20H,3-4,6-7,9-15H2,1-2H3,(H,29,34). The second-order valence-corrected chi connectivity index (χ2v) is 11.1. The maximum atomic E-state index is 12.8. The Morgan fingerprint density at radius 3 is 2.64 bits per heavy atom. The number of pyridine rings is 1. The van der Waals surface area contributed by atoms with Gasteiger partial charge in [0.15, 0.2) is 6.10 Å². The summed E-state index contributed by atoms with van der Waals surface area (Å²) < 4.78 is 43.4. The molecule has 4 rings (SSSR count). The van der Waals surface area contributed by atoms with Crippen LogP contribution in [-0.4, -0.2) is 63.9 Å². The van der Waals surface area contributed by atoms with Gasteiger partial charge in [0.1, 0.15) is 10.0 Å². The summed E-state index contributed by atoms with van der Waals surface area (Å²) in [5.41, 5.74) is 1.92. The minimum Gasteiger partial charge on any atom is -0.465 e. The van der Waals surface area contributed by atoms with Gasteiger partial charge in [-0.15, -0.1) is 21.5 Å². The molecule has 7 nitrogen and oxygen atoms in total. The largest absolute Gasteiger partial charge is 0.465 e. The molecular weight excluding hydrogens is 491 g/mol. The Morgan fingerprint density at radius 2 is 1.94 bits per heavy atom. The Morgan fingerprint density at radius 1 is 1.19 bits per heavy atom. The van der Waals surface area contributed by atoms with Crippen LogP contribution in [0.15, 0.2) is 12.1 Å². The van der Waals surface area contributed by atoms with Gasteiger partial charge in [0.25, 0.3) is 0 Å². The molecular formula is C25H34F3N5O2S. The van der Waals surface area contributed by atoms with Crippen LogP contribution in [-0.2, 0) is 24.1 Å². The first-order valence-electron chi connectivity index (χ1n) is 12.7. The summed E-state index contributed by atoms with van der Waals surface area (Å²) >= 11 is 1.46. The molecule has 1 unspecified atom stereocenters. The van der Waals surface area contributed by atoms with Crippen molar-refractivity contribution in [1.29, 1.82) is 0 Å². The fourth-order valence-corrected chi connectivity index (χ4v) is 5.64. The second-order valence-electron chi connectivity index (χ2n) is 9.86. The van der Waals surface area contributed by atoms with E-state index < -0.39 is 12.3 Å². The van der Waals surface area contributed by atoms with E-state index in [-0.39, 0.29) is 17.8 Å². The molecule has 0 spiro atoms. The summed E-state index contributed by atoms with van der Waals surface area (Å²) in [7, 11) is 0. The zero-order valence-electron chi connectivity index (χ0n) is 20.8. The summed E-state index contributed by atoms with van der Waals surface area (Å²) in [5.74, 6) is 0.708. The minimum absolute atomic E-state index is 0.0220. The van der Waals surface area contributed by atoms with E-state index in [2.05, 4.69) is 25.4 Å². The lowest BCUT2D eigenvalue weighted by Crippen LogP contribution is -2.39. The third-order valence-corrected chi connectivity index (χ3v) is 7.95. The quantitative estimate of drug-likeness (QED) is 0.554. The Balaban J connectivity index is 1.17. The van der Waals surface area contributed by atoms with E-state index in [1.807, 2.05) is 13.0 Å². The first kappa shape index (κ1) is 26.8. The lowest BCUT2D eigenvalue weighted by Gasteiger charge is -2.30. The second kappa shape index (κ2) is 11.9. The molecule has 1 atom stereocenters. The highest BCUT2D eigenvalue weighted by Gasteiger charge is 2.38. The molecule has 0 radical (unpaired) electrons. The van der Waals surface area contributed by atoms with E-state index in [0.717, 1.165) is 86.4 Å². The maximum absolute atomic E-state index is 12.8. The average Bonchev–Trinajstić information content (AvgIpc) is 3.12. The molecule has 2 aromatic heterocycles. The van der Waals surface area contributed by atoms with Crippen LogP contribution >= 0.6 is 11.3 Å². The van der Waals surface area contributed by atoms with Gasteiger partial charge in [0.2, 0.25) is 11.8 Å². The molecule has 198 valence electrons. The van der Waals surface area contributed by atoms with Crippen LogP contribution in [0.5, 0.6) is 5.88 Å². The fourth-order valence-electron chi connectivity index (χ4n) is 4.93. The van der Waals surface area contributed by atoms with Crippen LogP contribution in [0.3, 0.4) is 0 Å². The summed E-state index contributed by atoms with van der Waals surface area (Å²) in [4.78, 5) is 19.1. The van der Waals surface area contributed by atoms with Crippen molar-refractivity contribution in [3.63, 3.8) is 0 Å². The number of hydrogen-bond acceptors (Lipinski definition) is 7. The van der Waals surface area contributed by atoms with Crippen molar-refractivity contribution in [2.45, 2.75) is 83.5 Å². The van der Waals surface area contributed by atoms with Gasteiger partial charge >= 0.3 is 6.18 Å². The zero-order valence-corrected chi connectivity index (χ0v) is 21.6. The molecule has 2 aliphatic rings. The van der Waals surface area contributed by atoms with Gasteiger partial charge in [0.05, 0.1) is 6.42 Å². The summed E-state index contributed by atoms with van der Waals surface area (Å²) in [6, 6.07) is 3.63. The highest BCUT2D eigenvalue weighted by Crippen LogP contribution is 2.28. The number of aryl methyl sites for hydroxylation is 1. The highest BCUT2D eigenvalue weighted by molar-refractivity contribution is 7.11. The van der Waals surface area contributed by atoms with Crippen molar-refractivity contribution in [1.82, 2.24) is 25.4 Å². The van der Waals surface area contributed by atoms with E-state index >= 15 is 0 Å². The molecule has 1 aliphatic carbocycles. The number of nitrogens with one attached hydrogen (secondary N) is 1. The maximum Gasteiger partial charge on any atom is 0.425 e. The number of nitrogens with zero attached hydrogens (tertiary/aromatic N) is 4. The lowest BCUT2D eigenvalue weighted by molar-refractivity contribution is -0.190. The molecule has 1 fully saturated rings. The third kappa shape index (κ3) is 7.61. The van der Waals surface area contributed by atoms with Gasteiger partial charge in [-0.3, -0.25) is 4.79 Å². The topological polar surface area (TPSA) is 80.2 Å². The van der Waals surface area contributed by atoms with Gasteiger partial charge < -0.3 is 15.0 Å². The smallest absolute Gasteiger partial charge is 0.425 e. The SMILES string of the molecule is Cc1nnc(CC(=O)NC2CCC(CCN3CCc4ccc(OC(C)C(F)(F)F)nc4CC3)CC2)s1. The molecule has 36 heavy (non-hydrogen) atoms. The molecule has 0 bridgehead atoms. The molecule has 3 heterocycles. The van der Waals surface area contributed by atoms with E-state index in [4.69, 9.17) is 4.74 Å². The summed E-state index contributed by atoms with van der Waals surface area (Å²) in [5, 5.41) is 12.8. The van der Waals surface area contributed by atoms with Crippen molar-refractivity contribution in [2.75, 3.05) is 19.6 Å². The molecule has 1 N–H and O–H groups in total. The van der Waals surface area contributed by atoms with Crippen LogP contribution < -0.4 is 10.1 Å². The summed E-state index contributed by atoms with van der Waals surface area (Å²) in [6.45, 7) is 5.65. The van der Waals surface area contributed by atoms with E-state index in [0.29, 0.717) is 18.8 Å². The number of carbonyl (C=O) groups excluding carboxylic acids is 1. The van der Waals surface area contributed by atoms with Gasteiger partial charge in [-0.05, 0) is 70.4 Å². The zero-order chi connectivity index (χ0) is 25.7. The van der Waals surface area contributed by atoms with Crippen molar-refractivity contribution in [2.24, 2.45) is 5.92 Å². The number of fused-ring (bicyclic) bond motifs is 1. The number of ether oxygens (including phenoxy) is 1. The minimum atomic E-state index is -4.41. The van der Waals surface area contributed by atoms with Crippen molar-refractivity contribution in [3.05, 3.63) is 33.4 Å². The molecule has 0 aromatic carbocycles. The monoisotopic (exact) mass is 525 g/mol. The van der Waals surface area contributed by atoms with Crippen molar-refractivity contribution in [3.8, 4) is 5.88 Å². The number of amides is 1. The van der Waals surface area contributed by atoms with Crippen molar-refractivity contribution >= 4 is 17.2 Å². The van der Waals surface area contributed by atoms with Crippen LogP contribution in [0.4, 0.5) is 13.2 Å². The number of carbonyl (C=O) groups is 1. The molecule has 1 amide bonds. The predicted molar refractivity (Wildman–Crippen MR) is 131 cm³/mol. The number of aromatic nitrogens is 3. The third-order valence-electron chi connectivity index (χ3n) is 7.11. The lowest BCUT2D eigenvalue weighted by atomic mass is 9.84. The highest BCUT2D eigenvalue weighted by atomic mass is 32.1. The van der Waals surface area contributed by atoms with Gasteiger partial charge in [-0.1, -0.05) is 6.07 Å². The number of rotatable bonds is 8. The van der Waals surface area contributed by atoms with Crippen molar-refractivity contribution < 1.29 is 22.7 Å². The van der Waals surface area contributed by atoms with Gasteiger partial charge in [-0.2, -0.15) is 13.2 Å². The first-order chi connectivity index (χ1) is 17.2. The van der Waals surface area contributed by atoms with E-state index in [9.17, 15) is 18.0 Å². The fraction of sp³-hybridized carbons (Fsp3) is 0.680. The molecule has 0 saturated heterocycles.